The molecule has 0 aliphatic heterocycles. The number of aliphatic carboxylic acids is 1. The van der Waals surface area contributed by atoms with Crippen LogP contribution < -0.4 is 4.74 Å². The summed E-state index contributed by atoms with van der Waals surface area (Å²) < 4.78 is 7.08. The molecule has 2 rings (SSSR count). The smallest absolute Gasteiger partial charge is 0.328 e. The molecule has 0 fully saturated rings. The Morgan fingerprint density at radius 2 is 2.29 bits per heavy atom. The van der Waals surface area contributed by atoms with E-state index in [9.17, 15) is 14.9 Å². The van der Waals surface area contributed by atoms with Gasteiger partial charge in [-0.15, -0.1) is 0 Å². The van der Waals surface area contributed by atoms with Crippen molar-refractivity contribution in [1.29, 1.82) is 0 Å². The molecular formula is C13H11N3O5. The molecule has 1 N–H and O–H groups in total. The number of carboxylic acids is 1. The standard InChI is InChI=1S/C13H11N3O5/c1-15-8-11(7-14-15)21-12-4-3-10(16(19)20)6-9(12)2-5-13(17)18/h2-8H,1H3,(H,17,18)/b5-2+. The Kier molecular flexibility index (Phi) is 3.98. The minimum absolute atomic E-state index is 0.154. The number of aryl methyl sites for hydroxylation is 1. The van der Waals surface area contributed by atoms with Crippen molar-refractivity contribution in [1.82, 2.24) is 9.78 Å². The lowest BCUT2D eigenvalue weighted by atomic mass is 10.1. The molecule has 0 saturated heterocycles. The van der Waals surface area contributed by atoms with Gasteiger partial charge in [0.1, 0.15) is 5.75 Å². The Bertz CT molecular complexity index is 720. The molecule has 0 unspecified atom stereocenters. The first-order valence-corrected chi connectivity index (χ1v) is 5.81. The number of nitro benzene ring substituents is 1. The molecule has 108 valence electrons. The normalized spacial score (nSPS) is 10.7. The van der Waals surface area contributed by atoms with Crippen LogP contribution in [0.15, 0.2) is 36.7 Å². The van der Waals surface area contributed by atoms with Gasteiger partial charge in [0.05, 0.1) is 17.3 Å². The molecule has 0 radical (unpaired) electrons. The highest BCUT2D eigenvalue weighted by Gasteiger charge is 2.11. The van der Waals surface area contributed by atoms with E-state index < -0.39 is 10.9 Å². The molecule has 0 bridgehead atoms. The van der Waals surface area contributed by atoms with E-state index in [0.717, 1.165) is 6.08 Å². The van der Waals surface area contributed by atoms with Crippen LogP contribution in [-0.4, -0.2) is 25.8 Å². The van der Waals surface area contributed by atoms with Gasteiger partial charge < -0.3 is 9.84 Å². The van der Waals surface area contributed by atoms with Gasteiger partial charge in [-0.2, -0.15) is 5.10 Å². The van der Waals surface area contributed by atoms with Gasteiger partial charge in [-0.1, -0.05) is 0 Å². The Morgan fingerprint density at radius 1 is 1.52 bits per heavy atom. The van der Waals surface area contributed by atoms with Gasteiger partial charge in [0.2, 0.25) is 0 Å². The van der Waals surface area contributed by atoms with Crippen LogP contribution in [0.25, 0.3) is 6.08 Å². The van der Waals surface area contributed by atoms with Gasteiger partial charge in [-0.05, 0) is 12.1 Å². The van der Waals surface area contributed by atoms with Crippen LogP contribution in [0.1, 0.15) is 5.56 Å². The molecule has 1 aromatic carbocycles. The summed E-state index contributed by atoms with van der Waals surface area (Å²) in [5.41, 5.74) is 0.133. The summed E-state index contributed by atoms with van der Waals surface area (Å²) >= 11 is 0. The number of benzene rings is 1. The number of non-ortho nitro benzene ring substituents is 1. The van der Waals surface area contributed by atoms with Crippen LogP contribution >= 0.6 is 0 Å². The van der Waals surface area contributed by atoms with E-state index in [1.807, 2.05) is 0 Å². The van der Waals surface area contributed by atoms with Gasteiger partial charge >= 0.3 is 5.97 Å². The zero-order valence-electron chi connectivity index (χ0n) is 11.0. The average molecular weight is 289 g/mol. The molecule has 0 saturated carbocycles. The molecule has 0 atom stereocenters. The van der Waals surface area contributed by atoms with Crippen molar-refractivity contribution in [2.75, 3.05) is 0 Å². The van der Waals surface area contributed by atoms with E-state index in [2.05, 4.69) is 5.10 Å². The van der Waals surface area contributed by atoms with Crippen LogP contribution in [0, 0.1) is 10.1 Å². The van der Waals surface area contributed by atoms with Crippen molar-refractivity contribution in [2.24, 2.45) is 7.05 Å². The summed E-state index contributed by atoms with van der Waals surface area (Å²) in [6.45, 7) is 0. The Hall–Kier alpha value is -3.16. The molecule has 0 aliphatic rings. The first-order valence-electron chi connectivity index (χ1n) is 5.81. The van der Waals surface area contributed by atoms with E-state index in [-0.39, 0.29) is 11.3 Å². The summed E-state index contributed by atoms with van der Waals surface area (Å²) in [5.74, 6) is -0.420. The first-order chi connectivity index (χ1) is 9.95. The number of carboxylic acid groups (broad SMARTS) is 1. The van der Waals surface area contributed by atoms with Gasteiger partial charge in [0.15, 0.2) is 5.75 Å². The summed E-state index contributed by atoms with van der Waals surface area (Å²) in [6.07, 6.45) is 5.22. The zero-order valence-corrected chi connectivity index (χ0v) is 11.0. The van der Waals surface area contributed by atoms with E-state index in [1.165, 1.54) is 35.2 Å². The highest BCUT2D eigenvalue weighted by Crippen LogP contribution is 2.29. The van der Waals surface area contributed by atoms with Gasteiger partial charge in [0, 0.05) is 30.8 Å². The Labute approximate surface area is 119 Å². The van der Waals surface area contributed by atoms with Crippen molar-refractivity contribution >= 4 is 17.7 Å². The second kappa shape index (κ2) is 5.87. The summed E-state index contributed by atoms with van der Waals surface area (Å²) in [6, 6.07) is 3.93. The van der Waals surface area contributed by atoms with Crippen LogP contribution in [0.3, 0.4) is 0 Å². The third kappa shape index (κ3) is 3.66. The number of aromatic nitrogens is 2. The predicted octanol–water partition coefficient (Wildman–Crippen LogP) is 2.22. The SMILES string of the molecule is Cn1cc(Oc2ccc([N+](=O)[O-])cc2/C=C/C(=O)O)cn1. The fourth-order valence-electron chi connectivity index (χ4n) is 1.61. The monoisotopic (exact) mass is 289 g/mol. The topological polar surface area (TPSA) is 107 Å². The van der Waals surface area contributed by atoms with E-state index in [4.69, 9.17) is 9.84 Å². The second-order valence-corrected chi connectivity index (χ2v) is 4.10. The molecule has 0 spiro atoms. The van der Waals surface area contributed by atoms with Crippen LogP contribution in [0.2, 0.25) is 0 Å². The fourth-order valence-corrected chi connectivity index (χ4v) is 1.61. The highest BCUT2D eigenvalue weighted by molar-refractivity contribution is 5.86. The van der Waals surface area contributed by atoms with Gasteiger partial charge in [-0.25, -0.2) is 4.79 Å². The molecular weight excluding hydrogens is 278 g/mol. The van der Waals surface area contributed by atoms with Crippen molar-refractivity contribution in [3.05, 3.63) is 52.3 Å². The maximum Gasteiger partial charge on any atom is 0.328 e. The Morgan fingerprint density at radius 3 is 2.86 bits per heavy atom. The molecule has 21 heavy (non-hydrogen) atoms. The van der Waals surface area contributed by atoms with Gasteiger partial charge in [-0.3, -0.25) is 14.8 Å². The summed E-state index contributed by atoms with van der Waals surface area (Å²) in [7, 11) is 1.72. The molecule has 1 aromatic heterocycles. The summed E-state index contributed by atoms with van der Waals surface area (Å²) in [5, 5.41) is 23.4. The highest BCUT2D eigenvalue weighted by atomic mass is 16.6. The quantitative estimate of drug-likeness (QED) is 0.513. The van der Waals surface area contributed by atoms with Crippen molar-refractivity contribution in [3.63, 3.8) is 0 Å². The molecule has 2 aromatic rings. The first kappa shape index (κ1) is 14.3. The maximum atomic E-state index is 10.8. The van der Waals surface area contributed by atoms with Crippen molar-refractivity contribution < 1.29 is 19.6 Å². The molecule has 8 heteroatoms. The zero-order chi connectivity index (χ0) is 15.4. The van der Waals surface area contributed by atoms with Crippen LogP contribution in [0.4, 0.5) is 5.69 Å². The molecule has 1 heterocycles. The number of nitro groups is 1. The molecule has 8 nitrogen and oxygen atoms in total. The fraction of sp³-hybridized carbons (Fsp3) is 0.0769. The lowest BCUT2D eigenvalue weighted by molar-refractivity contribution is -0.384. The van der Waals surface area contributed by atoms with Gasteiger partial charge in [0.25, 0.3) is 5.69 Å². The van der Waals surface area contributed by atoms with Crippen molar-refractivity contribution in [3.8, 4) is 11.5 Å². The van der Waals surface area contributed by atoms with Crippen LogP contribution in [-0.2, 0) is 11.8 Å². The predicted molar refractivity (Wildman–Crippen MR) is 73.0 cm³/mol. The third-order valence-electron chi connectivity index (χ3n) is 2.52. The lowest BCUT2D eigenvalue weighted by Gasteiger charge is -2.06. The lowest BCUT2D eigenvalue weighted by Crippen LogP contribution is -1.93. The maximum absolute atomic E-state index is 10.8. The van der Waals surface area contributed by atoms with E-state index in [0.29, 0.717) is 11.5 Å². The Balaban J connectivity index is 2.38. The number of hydrogen-bond donors (Lipinski definition) is 1. The molecule has 0 amide bonds. The van der Waals surface area contributed by atoms with Crippen molar-refractivity contribution in [2.45, 2.75) is 0 Å². The van der Waals surface area contributed by atoms with E-state index in [1.54, 1.807) is 13.2 Å². The number of hydrogen-bond acceptors (Lipinski definition) is 5. The molecule has 0 aliphatic carbocycles. The van der Waals surface area contributed by atoms with E-state index >= 15 is 0 Å². The summed E-state index contributed by atoms with van der Waals surface area (Å²) in [4.78, 5) is 20.8. The number of nitrogens with zero attached hydrogens (tertiary/aromatic N) is 3. The number of rotatable bonds is 5. The average Bonchev–Trinajstić information content (AvgIpc) is 2.82. The third-order valence-corrected chi connectivity index (χ3v) is 2.52. The largest absolute Gasteiger partial charge is 0.478 e. The van der Waals surface area contributed by atoms with Crippen LogP contribution in [0.5, 0.6) is 11.5 Å². The number of ether oxygens (including phenoxy) is 1. The second-order valence-electron chi connectivity index (χ2n) is 4.10. The minimum atomic E-state index is -1.16. The number of carbonyl (C=O) groups is 1. The minimum Gasteiger partial charge on any atom is -0.478 e.